The van der Waals surface area contributed by atoms with E-state index in [0.29, 0.717) is 0 Å². The number of alkyl halides is 3. The number of rotatable bonds is 8. The Hall–Kier alpha value is -4.29. The summed E-state index contributed by atoms with van der Waals surface area (Å²) in [6, 6.07) is 7.37. The van der Waals surface area contributed by atoms with Gasteiger partial charge in [-0.2, -0.15) is 23.3 Å². The lowest BCUT2D eigenvalue weighted by Crippen LogP contribution is -2.21. The van der Waals surface area contributed by atoms with Crippen LogP contribution in [0.15, 0.2) is 53.7 Å². The largest absolute Gasteiger partial charge is 0.486 e. The summed E-state index contributed by atoms with van der Waals surface area (Å²) in [5.41, 5.74) is 3.37. The molecule has 0 aliphatic carbocycles. The number of aromatic nitrogens is 2. The molecule has 3 rings (SSSR count). The van der Waals surface area contributed by atoms with Crippen LogP contribution in [0.3, 0.4) is 0 Å². The number of benzene rings is 2. The molecule has 0 spiro atoms. The first-order chi connectivity index (χ1) is 16.1. The third-order valence-corrected chi connectivity index (χ3v) is 4.40. The van der Waals surface area contributed by atoms with Gasteiger partial charge >= 0.3 is 6.18 Å². The summed E-state index contributed by atoms with van der Waals surface area (Å²) in [4.78, 5) is 25.6. The van der Waals surface area contributed by atoms with Crippen LogP contribution in [0, 0.1) is 11.6 Å². The zero-order valence-electron chi connectivity index (χ0n) is 17.1. The number of hydrogen-bond acceptors (Lipinski definition) is 4. The molecular formula is C21H16F5N5O3. The molecular weight excluding hydrogens is 465 g/mol. The van der Waals surface area contributed by atoms with Crippen molar-refractivity contribution in [1.82, 2.24) is 9.78 Å². The summed E-state index contributed by atoms with van der Waals surface area (Å²) in [6.07, 6.45) is -3.27. The van der Waals surface area contributed by atoms with Gasteiger partial charge in [-0.15, -0.1) is 0 Å². The van der Waals surface area contributed by atoms with Crippen LogP contribution in [-0.4, -0.2) is 34.5 Å². The summed E-state index contributed by atoms with van der Waals surface area (Å²) in [5.74, 6) is -3.74. The second kappa shape index (κ2) is 10.1. The number of amidine groups is 1. The molecule has 0 saturated carbocycles. The first kappa shape index (κ1) is 24.4. The van der Waals surface area contributed by atoms with Gasteiger partial charge in [0.15, 0.2) is 5.82 Å². The lowest BCUT2D eigenvalue weighted by Gasteiger charge is -2.15. The van der Waals surface area contributed by atoms with Gasteiger partial charge in [0.05, 0.1) is 12.1 Å². The van der Waals surface area contributed by atoms with Crippen molar-refractivity contribution >= 4 is 24.0 Å². The Labute approximate surface area is 188 Å². The van der Waals surface area contributed by atoms with Crippen molar-refractivity contribution in [3.8, 4) is 5.75 Å². The molecule has 0 saturated heterocycles. The van der Waals surface area contributed by atoms with E-state index in [2.05, 4.69) is 15.4 Å². The monoisotopic (exact) mass is 481 g/mol. The maximum atomic E-state index is 13.8. The SMILES string of the molecule is NC(COc1ccc(Cn2ccc(NC(=O)c3c(F)cccc3F)n2)c(C(F)(F)F)c1)=NC=O. The number of amides is 2. The number of anilines is 1. The Balaban J connectivity index is 1.77. The van der Waals surface area contributed by atoms with E-state index >= 15 is 0 Å². The number of nitrogens with one attached hydrogen (secondary N) is 1. The Morgan fingerprint density at radius 1 is 1.18 bits per heavy atom. The zero-order valence-corrected chi connectivity index (χ0v) is 17.1. The Kier molecular flexibility index (Phi) is 7.24. The van der Waals surface area contributed by atoms with E-state index in [1.807, 2.05) is 0 Å². The van der Waals surface area contributed by atoms with E-state index in [9.17, 15) is 31.5 Å². The maximum Gasteiger partial charge on any atom is 0.416 e. The second-order valence-electron chi connectivity index (χ2n) is 6.78. The quantitative estimate of drug-likeness (QED) is 0.222. The molecule has 0 bridgehead atoms. The number of nitrogens with two attached hydrogens (primary N) is 1. The molecule has 1 aromatic heterocycles. The van der Waals surface area contributed by atoms with Crippen LogP contribution in [-0.2, 0) is 17.5 Å². The third kappa shape index (κ3) is 5.94. The lowest BCUT2D eigenvalue weighted by molar-refractivity contribution is -0.138. The molecule has 1 heterocycles. The minimum absolute atomic E-state index is 0.119. The second-order valence-corrected chi connectivity index (χ2v) is 6.78. The van der Waals surface area contributed by atoms with Gasteiger partial charge in [0, 0.05) is 12.3 Å². The molecule has 0 aliphatic rings. The van der Waals surface area contributed by atoms with Crippen LogP contribution in [0.4, 0.5) is 27.8 Å². The fourth-order valence-electron chi connectivity index (χ4n) is 2.89. The van der Waals surface area contributed by atoms with Crippen LogP contribution < -0.4 is 15.8 Å². The van der Waals surface area contributed by atoms with Crippen LogP contribution in [0.5, 0.6) is 5.75 Å². The highest BCUT2D eigenvalue weighted by Crippen LogP contribution is 2.35. The van der Waals surface area contributed by atoms with Gasteiger partial charge < -0.3 is 15.8 Å². The van der Waals surface area contributed by atoms with Gasteiger partial charge in [-0.1, -0.05) is 12.1 Å². The van der Waals surface area contributed by atoms with E-state index in [0.717, 1.165) is 28.9 Å². The molecule has 0 aliphatic heterocycles. The normalized spacial score (nSPS) is 11.9. The molecule has 0 atom stereocenters. The summed E-state index contributed by atoms with van der Waals surface area (Å²) >= 11 is 0. The fourth-order valence-corrected chi connectivity index (χ4v) is 2.89. The summed E-state index contributed by atoms with van der Waals surface area (Å²) in [7, 11) is 0. The number of halogens is 5. The Morgan fingerprint density at radius 2 is 1.88 bits per heavy atom. The molecule has 3 N–H and O–H groups in total. The number of hydrogen-bond donors (Lipinski definition) is 2. The van der Waals surface area contributed by atoms with Gasteiger partial charge in [-0.3, -0.25) is 14.3 Å². The van der Waals surface area contributed by atoms with Crippen molar-refractivity contribution in [1.29, 1.82) is 0 Å². The Morgan fingerprint density at radius 3 is 2.53 bits per heavy atom. The minimum atomic E-state index is -4.73. The maximum absolute atomic E-state index is 13.8. The standard InChI is InChI=1S/C21H16F5N5O3/c22-15-2-1-3-16(23)19(15)20(33)29-18-6-7-31(30-18)9-12-4-5-13(8-14(12)21(24,25)26)34-10-17(27)28-11-32/h1-8,11H,9-10H2,(H2,27,28,32)(H,29,30,33). The van der Waals surface area contributed by atoms with Gasteiger partial charge in [0.1, 0.15) is 35.4 Å². The smallest absolute Gasteiger partial charge is 0.416 e. The average molecular weight is 481 g/mol. The number of carbonyl (C=O) groups is 2. The number of aliphatic imine (C=N–C) groups is 1. The van der Waals surface area contributed by atoms with E-state index < -0.39 is 34.8 Å². The van der Waals surface area contributed by atoms with Gasteiger partial charge in [0.25, 0.3) is 5.91 Å². The molecule has 0 radical (unpaired) electrons. The number of nitrogens with zero attached hydrogens (tertiary/aromatic N) is 3. The van der Waals surface area contributed by atoms with Crippen LogP contribution in [0.2, 0.25) is 0 Å². The topological polar surface area (TPSA) is 112 Å². The lowest BCUT2D eigenvalue weighted by atomic mass is 10.1. The van der Waals surface area contributed by atoms with Gasteiger partial charge in [-0.05, 0) is 29.8 Å². The van der Waals surface area contributed by atoms with Crippen molar-refractivity contribution in [3.63, 3.8) is 0 Å². The molecule has 2 amide bonds. The summed E-state index contributed by atoms with van der Waals surface area (Å²) < 4.78 is 74.5. The number of ether oxygens (including phenoxy) is 1. The highest BCUT2D eigenvalue weighted by Gasteiger charge is 2.34. The summed E-state index contributed by atoms with van der Waals surface area (Å²) in [5, 5.41) is 6.13. The fraction of sp³-hybridized carbons (Fsp3) is 0.143. The highest BCUT2D eigenvalue weighted by atomic mass is 19.4. The Bertz CT molecular complexity index is 1220. The zero-order chi connectivity index (χ0) is 24.9. The highest BCUT2D eigenvalue weighted by molar-refractivity contribution is 6.04. The van der Waals surface area contributed by atoms with Gasteiger partial charge in [-0.25, -0.2) is 8.78 Å². The van der Waals surface area contributed by atoms with E-state index in [1.54, 1.807) is 0 Å². The van der Waals surface area contributed by atoms with Crippen molar-refractivity contribution in [2.75, 3.05) is 11.9 Å². The van der Waals surface area contributed by atoms with Gasteiger partial charge in [0.2, 0.25) is 6.41 Å². The third-order valence-electron chi connectivity index (χ3n) is 4.40. The van der Waals surface area contributed by atoms with E-state index in [1.165, 1.54) is 24.4 Å². The van der Waals surface area contributed by atoms with E-state index in [-0.39, 0.29) is 42.5 Å². The summed E-state index contributed by atoms with van der Waals surface area (Å²) in [6.45, 7) is -0.728. The molecule has 34 heavy (non-hydrogen) atoms. The van der Waals surface area contributed by atoms with Crippen molar-refractivity contribution in [2.45, 2.75) is 12.7 Å². The van der Waals surface area contributed by atoms with Crippen LogP contribution in [0.25, 0.3) is 0 Å². The van der Waals surface area contributed by atoms with Crippen molar-refractivity contribution < 1.29 is 36.3 Å². The van der Waals surface area contributed by atoms with Crippen molar-refractivity contribution in [3.05, 3.63) is 77.0 Å². The van der Waals surface area contributed by atoms with Crippen molar-refractivity contribution in [2.24, 2.45) is 10.7 Å². The first-order valence-corrected chi connectivity index (χ1v) is 9.46. The number of carbonyl (C=O) groups excluding carboxylic acids is 2. The predicted octanol–water partition coefficient (Wildman–Crippen LogP) is 3.37. The van der Waals surface area contributed by atoms with Crippen LogP contribution >= 0.6 is 0 Å². The molecule has 0 fully saturated rings. The minimum Gasteiger partial charge on any atom is -0.486 e. The molecule has 3 aromatic rings. The first-order valence-electron chi connectivity index (χ1n) is 9.46. The molecule has 2 aromatic carbocycles. The predicted molar refractivity (Wildman–Crippen MR) is 110 cm³/mol. The molecule has 0 unspecified atom stereocenters. The average Bonchev–Trinajstić information content (AvgIpc) is 3.19. The molecule has 13 heteroatoms. The van der Waals surface area contributed by atoms with Crippen LogP contribution in [0.1, 0.15) is 21.5 Å². The molecule has 8 nitrogen and oxygen atoms in total. The molecule has 178 valence electrons. The van der Waals surface area contributed by atoms with E-state index in [4.69, 9.17) is 10.5 Å².